The lowest BCUT2D eigenvalue weighted by atomic mass is 10.2. The van der Waals surface area contributed by atoms with E-state index in [1.807, 2.05) is 19.1 Å². The molecule has 2 rings (SSSR count). The van der Waals surface area contributed by atoms with Crippen LogP contribution >= 0.6 is 27.7 Å². The smallest absolute Gasteiger partial charge is 0.306 e. The van der Waals surface area contributed by atoms with Crippen LogP contribution in [0.4, 0.5) is 11.4 Å². The molecule has 0 fully saturated rings. The first-order valence-corrected chi connectivity index (χ1v) is 7.53. The zero-order chi connectivity index (χ0) is 14.5. The Hall–Kier alpha value is -1.60. The van der Waals surface area contributed by atoms with E-state index in [2.05, 4.69) is 26.2 Å². The van der Waals surface area contributed by atoms with Crippen molar-refractivity contribution in [1.29, 1.82) is 0 Å². The van der Waals surface area contributed by atoms with Gasteiger partial charge in [0.15, 0.2) is 0 Å². The normalized spacial score (nSPS) is 10.3. The summed E-state index contributed by atoms with van der Waals surface area (Å²) >= 11 is 4.59. The highest BCUT2D eigenvalue weighted by Crippen LogP contribution is 2.38. The lowest BCUT2D eigenvalue weighted by molar-refractivity contribution is -0.386. The average molecular weight is 354 g/mol. The van der Waals surface area contributed by atoms with Crippen LogP contribution in [-0.2, 0) is 0 Å². The van der Waals surface area contributed by atoms with Crippen LogP contribution in [0.15, 0.2) is 50.9 Å². The van der Waals surface area contributed by atoms with Gasteiger partial charge in [-0.1, -0.05) is 17.8 Å². The fourth-order valence-corrected chi connectivity index (χ4v) is 2.79. The summed E-state index contributed by atoms with van der Waals surface area (Å²) in [6, 6.07) is 8.91. The first-order valence-electron chi connectivity index (χ1n) is 5.92. The minimum atomic E-state index is -0.362. The van der Waals surface area contributed by atoms with Gasteiger partial charge >= 0.3 is 5.69 Å². The molecule has 20 heavy (non-hydrogen) atoms. The zero-order valence-electron chi connectivity index (χ0n) is 10.7. The SMILES string of the molecule is CCNc1cccc(Sc2ccc(Br)cn2)c1[N+](=O)[O-]. The number of nitrogens with one attached hydrogen (secondary N) is 1. The number of benzene rings is 1. The van der Waals surface area contributed by atoms with E-state index in [0.29, 0.717) is 22.2 Å². The third-order valence-electron chi connectivity index (χ3n) is 2.46. The molecule has 5 nitrogen and oxygen atoms in total. The van der Waals surface area contributed by atoms with Gasteiger partial charge < -0.3 is 5.32 Å². The Morgan fingerprint density at radius 1 is 1.40 bits per heavy atom. The van der Waals surface area contributed by atoms with Gasteiger partial charge in [-0.15, -0.1) is 0 Å². The highest BCUT2D eigenvalue weighted by Gasteiger charge is 2.20. The molecule has 0 atom stereocenters. The highest BCUT2D eigenvalue weighted by atomic mass is 79.9. The summed E-state index contributed by atoms with van der Waals surface area (Å²) in [4.78, 5) is 15.7. The number of nitro groups is 1. The number of hydrogen-bond acceptors (Lipinski definition) is 5. The topological polar surface area (TPSA) is 68.1 Å². The number of rotatable bonds is 5. The van der Waals surface area contributed by atoms with E-state index < -0.39 is 0 Å². The summed E-state index contributed by atoms with van der Waals surface area (Å²) in [6.07, 6.45) is 1.67. The lowest BCUT2D eigenvalue weighted by Gasteiger charge is -2.08. The number of halogens is 1. The second-order valence-corrected chi connectivity index (χ2v) is 5.83. The van der Waals surface area contributed by atoms with Crippen molar-refractivity contribution in [3.63, 3.8) is 0 Å². The maximum absolute atomic E-state index is 11.3. The van der Waals surface area contributed by atoms with Gasteiger partial charge in [0, 0.05) is 17.2 Å². The van der Waals surface area contributed by atoms with E-state index in [4.69, 9.17) is 0 Å². The summed E-state index contributed by atoms with van der Waals surface area (Å²) in [6.45, 7) is 2.53. The molecular weight excluding hydrogens is 342 g/mol. The molecule has 1 aromatic heterocycles. The quantitative estimate of drug-likeness (QED) is 0.639. The number of nitrogens with zero attached hydrogens (tertiary/aromatic N) is 2. The Balaban J connectivity index is 2.37. The summed E-state index contributed by atoms with van der Waals surface area (Å²) < 4.78 is 0.873. The Morgan fingerprint density at radius 2 is 2.20 bits per heavy atom. The number of pyridine rings is 1. The molecule has 0 amide bonds. The molecule has 0 aliphatic rings. The van der Waals surface area contributed by atoms with Crippen molar-refractivity contribution in [3.05, 3.63) is 51.1 Å². The minimum absolute atomic E-state index is 0.0871. The van der Waals surface area contributed by atoms with Crippen LogP contribution < -0.4 is 5.32 Å². The fraction of sp³-hybridized carbons (Fsp3) is 0.154. The Labute approximate surface area is 129 Å². The number of anilines is 1. The predicted octanol–water partition coefficient (Wildman–Crippen LogP) is 4.34. The second kappa shape index (κ2) is 6.71. The zero-order valence-corrected chi connectivity index (χ0v) is 13.1. The Kier molecular flexibility index (Phi) is 4.97. The van der Waals surface area contributed by atoms with E-state index in [-0.39, 0.29) is 10.6 Å². The molecule has 1 aromatic carbocycles. The van der Waals surface area contributed by atoms with Crippen molar-refractivity contribution in [2.45, 2.75) is 16.8 Å². The van der Waals surface area contributed by atoms with Crippen LogP contribution in [0.1, 0.15) is 6.92 Å². The molecule has 0 saturated heterocycles. The van der Waals surface area contributed by atoms with E-state index in [9.17, 15) is 10.1 Å². The van der Waals surface area contributed by atoms with Gasteiger partial charge in [0.2, 0.25) is 0 Å². The van der Waals surface area contributed by atoms with Crippen molar-refractivity contribution >= 4 is 39.1 Å². The third-order valence-corrected chi connectivity index (χ3v) is 3.93. The van der Waals surface area contributed by atoms with E-state index in [1.54, 1.807) is 24.4 Å². The average Bonchev–Trinajstić information content (AvgIpc) is 2.41. The number of hydrogen-bond donors (Lipinski definition) is 1. The monoisotopic (exact) mass is 353 g/mol. The van der Waals surface area contributed by atoms with Gasteiger partial charge in [0.25, 0.3) is 0 Å². The molecule has 2 aromatic rings. The molecule has 0 spiro atoms. The lowest BCUT2D eigenvalue weighted by Crippen LogP contribution is -2.02. The first-order chi connectivity index (χ1) is 9.61. The van der Waals surface area contributed by atoms with Crippen LogP contribution in [0.3, 0.4) is 0 Å². The summed E-state index contributed by atoms with van der Waals surface area (Å²) in [7, 11) is 0. The molecule has 1 heterocycles. The standard InChI is InChI=1S/C13H12BrN3O2S/c1-2-15-10-4-3-5-11(13(10)17(18)19)20-12-7-6-9(14)8-16-12/h3-8,15H,2H2,1H3. The van der Waals surface area contributed by atoms with E-state index in [1.165, 1.54) is 11.8 Å². The van der Waals surface area contributed by atoms with Gasteiger partial charge in [0.05, 0.1) is 9.82 Å². The van der Waals surface area contributed by atoms with Crippen LogP contribution in [0, 0.1) is 10.1 Å². The molecule has 7 heteroatoms. The number of nitro benzene ring substituents is 1. The minimum Gasteiger partial charge on any atom is -0.380 e. The molecule has 0 unspecified atom stereocenters. The second-order valence-electron chi connectivity index (χ2n) is 3.86. The molecule has 104 valence electrons. The maximum Gasteiger partial charge on any atom is 0.306 e. The van der Waals surface area contributed by atoms with Gasteiger partial charge in [-0.3, -0.25) is 10.1 Å². The first kappa shape index (κ1) is 14.8. The van der Waals surface area contributed by atoms with Crippen molar-refractivity contribution in [1.82, 2.24) is 4.98 Å². The van der Waals surface area contributed by atoms with E-state index >= 15 is 0 Å². The Morgan fingerprint density at radius 3 is 2.80 bits per heavy atom. The van der Waals surface area contributed by atoms with E-state index in [0.717, 1.165) is 4.47 Å². The van der Waals surface area contributed by atoms with Crippen molar-refractivity contribution in [2.75, 3.05) is 11.9 Å². The number of para-hydroxylation sites is 1. The summed E-state index contributed by atoms with van der Waals surface area (Å²) in [5, 5.41) is 15.0. The Bertz CT molecular complexity index is 620. The molecule has 1 N–H and O–H groups in total. The molecule has 0 radical (unpaired) electrons. The highest BCUT2D eigenvalue weighted by molar-refractivity contribution is 9.10. The van der Waals surface area contributed by atoms with Crippen molar-refractivity contribution in [2.24, 2.45) is 0 Å². The fourth-order valence-electron chi connectivity index (χ4n) is 1.66. The maximum atomic E-state index is 11.3. The summed E-state index contributed by atoms with van der Waals surface area (Å²) in [5.41, 5.74) is 0.615. The molecule has 0 aliphatic heterocycles. The summed E-state index contributed by atoms with van der Waals surface area (Å²) in [5.74, 6) is 0. The number of aromatic nitrogens is 1. The van der Waals surface area contributed by atoms with Gasteiger partial charge in [0.1, 0.15) is 10.7 Å². The molecule has 0 bridgehead atoms. The van der Waals surface area contributed by atoms with Crippen LogP contribution in [0.25, 0.3) is 0 Å². The van der Waals surface area contributed by atoms with Crippen LogP contribution in [-0.4, -0.2) is 16.5 Å². The van der Waals surface area contributed by atoms with Crippen LogP contribution in [0.5, 0.6) is 0 Å². The molecular formula is C13H12BrN3O2S. The van der Waals surface area contributed by atoms with Crippen molar-refractivity contribution in [3.8, 4) is 0 Å². The molecule has 0 saturated carbocycles. The van der Waals surface area contributed by atoms with Gasteiger partial charge in [-0.25, -0.2) is 4.98 Å². The van der Waals surface area contributed by atoms with Crippen molar-refractivity contribution < 1.29 is 4.92 Å². The van der Waals surface area contributed by atoms with Crippen LogP contribution in [0.2, 0.25) is 0 Å². The largest absolute Gasteiger partial charge is 0.380 e. The third kappa shape index (κ3) is 3.49. The van der Waals surface area contributed by atoms with Gasteiger partial charge in [-0.2, -0.15) is 0 Å². The van der Waals surface area contributed by atoms with Gasteiger partial charge in [-0.05, 0) is 47.1 Å². The predicted molar refractivity (Wildman–Crippen MR) is 83.3 cm³/mol. The molecule has 0 aliphatic carbocycles.